The topological polar surface area (TPSA) is 87.4 Å². The molecule has 4 rings (SSSR count). The van der Waals surface area contributed by atoms with Crippen LogP contribution in [0.5, 0.6) is 0 Å². The number of nitrogens with zero attached hydrogens (tertiary/aromatic N) is 5. The van der Waals surface area contributed by atoms with Crippen molar-refractivity contribution in [2.24, 2.45) is 10.9 Å². The van der Waals surface area contributed by atoms with Crippen molar-refractivity contribution in [3.63, 3.8) is 0 Å². The molecule has 8 nitrogen and oxygen atoms in total. The molecular formula is C24H36IN7O. The number of guanidine groups is 1. The summed E-state index contributed by atoms with van der Waals surface area (Å²) in [4.78, 5) is 23.8. The molecule has 2 aliphatic heterocycles. The lowest BCUT2D eigenvalue weighted by Crippen LogP contribution is -2.47. The Hall–Kier alpha value is -2.17. The summed E-state index contributed by atoms with van der Waals surface area (Å²) in [6.07, 6.45) is 5.10. The minimum absolute atomic E-state index is 0. The van der Waals surface area contributed by atoms with Gasteiger partial charge in [-0.05, 0) is 51.0 Å². The number of carbonyl (C=O) groups is 1. The summed E-state index contributed by atoms with van der Waals surface area (Å²) in [5, 5.41) is 11.2. The lowest BCUT2D eigenvalue weighted by molar-refractivity contribution is -0.130. The maximum Gasteiger partial charge on any atom is 0.244 e. The third kappa shape index (κ3) is 7.15. The third-order valence-electron chi connectivity index (χ3n) is 6.36. The number of hydrogen-bond donors (Lipinski definition) is 2. The van der Waals surface area contributed by atoms with Gasteiger partial charge in [-0.25, -0.2) is 14.7 Å². The van der Waals surface area contributed by atoms with Crippen LogP contribution in [0.15, 0.2) is 35.3 Å². The van der Waals surface area contributed by atoms with Crippen molar-refractivity contribution in [1.82, 2.24) is 30.3 Å². The second-order valence-electron chi connectivity index (χ2n) is 8.85. The first kappa shape index (κ1) is 25.5. The first-order valence-corrected chi connectivity index (χ1v) is 11.9. The lowest BCUT2D eigenvalue weighted by Gasteiger charge is -2.32. The molecule has 9 heteroatoms. The highest BCUT2D eigenvalue weighted by molar-refractivity contribution is 14.0. The van der Waals surface area contributed by atoms with Crippen molar-refractivity contribution in [2.75, 3.05) is 26.2 Å². The van der Waals surface area contributed by atoms with E-state index >= 15 is 0 Å². The summed E-state index contributed by atoms with van der Waals surface area (Å²) in [5.74, 6) is 3.33. The number of fused-ring (bicyclic) bond motifs is 1. The molecule has 1 atom stereocenters. The smallest absolute Gasteiger partial charge is 0.244 e. The Morgan fingerprint density at radius 1 is 1.18 bits per heavy atom. The van der Waals surface area contributed by atoms with E-state index in [2.05, 4.69) is 56.0 Å². The van der Waals surface area contributed by atoms with Crippen LogP contribution in [-0.2, 0) is 24.2 Å². The second kappa shape index (κ2) is 12.3. The van der Waals surface area contributed by atoms with Gasteiger partial charge in [0.15, 0.2) is 5.96 Å². The van der Waals surface area contributed by atoms with Crippen molar-refractivity contribution in [2.45, 2.75) is 58.5 Å². The van der Waals surface area contributed by atoms with Crippen molar-refractivity contribution < 1.29 is 4.79 Å². The Bertz CT molecular complexity index is 922. The van der Waals surface area contributed by atoms with E-state index in [1.54, 1.807) is 0 Å². The minimum Gasteiger partial charge on any atom is -0.357 e. The van der Waals surface area contributed by atoms with Crippen LogP contribution in [0, 0.1) is 12.8 Å². The fourth-order valence-electron chi connectivity index (χ4n) is 4.65. The molecule has 1 aromatic heterocycles. The molecule has 3 heterocycles. The van der Waals surface area contributed by atoms with Crippen molar-refractivity contribution in [3.05, 3.63) is 47.5 Å². The van der Waals surface area contributed by atoms with Crippen molar-refractivity contribution >= 4 is 35.8 Å². The molecule has 0 aliphatic carbocycles. The van der Waals surface area contributed by atoms with Gasteiger partial charge in [-0.15, -0.1) is 24.0 Å². The standard InChI is InChI=1S/C24H35N7O.HI/c1-3-25-24(28-21-9-10-22-27-18(2)29-31(22)17-21)26-16-23(32)30-13-11-20(12-14-30)15-19-7-5-4-6-8-19;/h4-8,20-21H,3,9-17H2,1-2H3,(H2,25,26,28);1H. The molecule has 1 aromatic carbocycles. The Balaban J connectivity index is 0.00000306. The van der Waals surface area contributed by atoms with E-state index in [0.717, 1.165) is 69.9 Å². The molecule has 33 heavy (non-hydrogen) atoms. The van der Waals surface area contributed by atoms with E-state index in [9.17, 15) is 4.79 Å². The molecule has 1 fully saturated rings. The fraction of sp³-hybridized carbons (Fsp3) is 0.583. The van der Waals surface area contributed by atoms with E-state index in [1.807, 2.05) is 23.4 Å². The number of hydrogen-bond acceptors (Lipinski definition) is 4. The summed E-state index contributed by atoms with van der Waals surface area (Å²) >= 11 is 0. The summed E-state index contributed by atoms with van der Waals surface area (Å²) in [6.45, 7) is 7.32. The summed E-state index contributed by atoms with van der Waals surface area (Å²) in [5.41, 5.74) is 1.39. The molecular weight excluding hydrogens is 529 g/mol. The number of carbonyl (C=O) groups excluding carboxylic acids is 1. The summed E-state index contributed by atoms with van der Waals surface area (Å²) < 4.78 is 1.98. The number of halogens is 1. The van der Waals surface area contributed by atoms with Crippen LogP contribution in [0.1, 0.15) is 43.4 Å². The van der Waals surface area contributed by atoms with Gasteiger partial charge in [0, 0.05) is 32.1 Å². The Morgan fingerprint density at radius 2 is 1.94 bits per heavy atom. The average molecular weight is 566 g/mol. The number of nitrogens with one attached hydrogen (secondary N) is 2. The first-order valence-electron chi connectivity index (χ1n) is 11.9. The molecule has 1 amide bonds. The van der Waals surface area contributed by atoms with Gasteiger partial charge in [0.1, 0.15) is 18.2 Å². The SMILES string of the molecule is CCNC(=NCC(=O)N1CCC(Cc2ccccc2)CC1)NC1CCc2nc(C)nn2C1.I. The van der Waals surface area contributed by atoms with Crippen LogP contribution < -0.4 is 10.6 Å². The minimum atomic E-state index is 0. The van der Waals surface area contributed by atoms with Crippen LogP contribution in [0.25, 0.3) is 0 Å². The van der Waals surface area contributed by atoms with Gasteiger partial charge in [0.05, 0.1) is 6.54 Å². The van der Waals surface area contributed by atoms with Crippen LogP contribution in [0.3, 0.4) is 0 Å². The number of amides is 1. The van der Waals surface area contributed by atoms with Crippen molar-refractivity contribution in [1.29, 1.82) is 0 Å². The summed E-state index contributed by atoms with van der Waals surface area (Å²) in [6, 6.07) is 10.9. The molecule has 2 aliphatic rings. The summed E-state index contributed by atoms with van der Waals surface area (Å²) in [7, 11) is 0. The number of aromatic nitrogens is 3. The number of likely N-dealkylation sites (tertiary alicyclic amines) is 1. The van der Waals surface area contributed by atoms with Gasteiger partial charge in [-0.3, -0.25) is 4.79 Å². The van der Waals surface area contributed by atoms with Gasteiger partial charge in [0.25, 0.3) is 0 Å². The first-order chi connectivity index (χ1) is 15.6. The zero-order valence-electron chi connectivity index (χ0n) is 19.7. The number of aryl methyl sites for hydroxylation is 2. The maximum absolute atomic E-state index is 12.8. The van der Waals surface area contributed by atoms with E-state index in [4.69, 9.17) is 0 Å². The monoisotopic (exact) mass is 565 g/mol. The van der Waals surface area contributed by atoms with Gasteiger partial charge in [-0.2, -0.15) is 5.10 Å². The number of benzene rings is 1. The molecule has 1 saturated heterocycles. The molecule has 2 N–H and O–H groups in total. The highest BCUT2D eigenvalue weighted by atomic mass is 127. The van der Waals surface area contributed by atoms with Gasteiger partial charge >= 0.3 is 0 Å². The average Bonchev–Trinajstić information content (AvgIpc) is 3.18. The van der Waals surface area contributed by atoms with Crippen molar-refractivity contribution in [3.8, 4) is 0 Å². The molecule has 0 radical (unpaired) electrons. The third-order valence-corrected chi connectivity index (χ3v) is 6.36. The van der Waals surface area contributed by atoms with E-state index in [-0.39, 0.29) is 42.5 Å². The van der Waals surface area contributed by atoms with E-state index in [0.29, 0.717) is 11.9 Å². The molecule has 0 spiro atoms. The molecule has 180 valence electrons. The van der Waals surface area contributed by atoms with Crippen LogP contribution >= 0.6 is 24.0 Å². The molecule has 1 unspecified atom stereocenters. The maximum atomic E-state index is 12.8. The van der Waals surface area contributed by atoms with Crippen LogP contribution in [0.4, 0.5) is 0 Å². The fourth-order valence-corrected chi connectivity index (χ4v) is 4.65. The Morgan fingerprint density at radius 3 is 2.67 bits per heavy atom. The second-order valence-corrected chi connectivity index (χ2v) is 8.85. The van der Waals surface area contributed by atoms with Gasteiger partial charge in [-0.1, -0.05) is 30.3 Å². The highest BCUT2D eigenvalue weighted by Gasteiger charge is 2.24. The predicted octanol–water partition coefficient (Wildman–Crippen LogP) is 2.56. The predicted molar refractivity (Wildman–Crippen MR) is 141 cm³/mol. The molecule has 2 aromatic rings. The zero-order valence-corrected chi connectivity index (χ0v) is 22.0. The van der Waals surface area contributed by atoms with E-state index in [1.165, 1.54) is 5.56 Å². The Labute approximate surface area is 213 Å². The molecule has 0 bridgehead atoms. The van der Waals surface area contributed by atoms with E-state index < -0.39 is 0 Å². The van der Waals surface area contributed by atoms with Gasteiger partial charge < -0.3 is 15.5 Å². The van der Waals surface area contributed by atoms with Crippen LogP contribution in [-0.4, -0.2) is 63.8 Å². The lowest BCUT2D eigenvalue weighted by atomic mass is 9.90. The number of aliphatic imine (C=N–C) groups is 1. The Kier molecular flexibility index (Phi) is 9.52. The van der Waals surface area contributed by atoms with Gasteiger partial charge in [0.2, 0.25) is 5.91 Å². The van der Waals surface area contributed by atoms with Crippen LogP contribution in [0.2, 0.25) is 0 Å². The molecule has 0 saturated carbocycles. The quantitative estimate of drug-likeness (QED) is 0.320. The number of piperidine rings is 1. The zero-order chi connectivity index (χ0) is 22.3. The number of rotatable bonds is 6. The largest absolute Gasteiger partial charge is 0.357 e. The normalized spacial score (nSPS) is 18.9. The highest BCUT2D eigenvalue weighted by Crippen LogP contribution is 2.21.